The monoisotopic (exact) mass is 312 g/mol. The summed E-state index contributed by atoms with van der Waals surface area (Å²) in [4.78, 5) is 2.21. The van der Waals surface area contributed by atoms with E-state index in [1.807, 2.05) is 12.1 Å². The summed E-state index contributed by atoms with van der Waals surface area (Å²) in [5.41, 5.74) is 2.18. The quantitative estimate of drug-likeness (QED) is 0.825. The average Bonchev–Trinajstić information content (AvgIpc) is 3.00. The SMILES string of the molecule is CCN(C)Cc1cccc(CNS(=O)(=O)[C@@H]2CCOC2)c1. The second-order valence-electron chi connectivity index (χ2n) is 5.50. The molecule has 0 radical (unpaired) electrons. The first-order valence-corrected chi connectivity index (χ1v) is 8.88. The van der Waals surface area contributed by atoms with Gasteiger partial charge < -0.3 is 9.64 Å². The van der Waals surface area contributed by atoms with E-state index in [0.29, 0.717) is 26.2 Å². The second-order valence-corrected chi connectivity index (χ2v) is 7.55. The summed E-state index contributed by atoms with van der Waals surface area (Å²) in [6, 6.07) is 8.04. The predicted molar refractivity (Wildman–Crippen MR) is 83.4 cm³/mol. The zero-order chi connectivity index (χ0) is 15.3. The largest absolute Gasteiger partial charge is 0.380 e. The first kappa shape index (κ1) is 16.4. The van der Waals surface area contributed by atoms with E-state index in [0.717, 1.165) is 18.7 Å². The summed E-state index contributed by atoms with van der Waals surface area (Å²) in [6.45, 7) is 5.14. The number of hydrogen-bond donors (Lipinski definition) is 1. The molecule has 1 aromatic carbocycles. The van der Waals surface area contributed by atoms with E-state index in [4.69, 9.17) is 4.74 Å². The molecule has 1 N–H and O–H groups in total. The molecule has 1 heterocycles. The van der Waals surface area contributed by atoms with Crippen LogP contribution >= 0.6 is 0 Å². The lowest BCUT2D eigenvalue weighted by molar-refractivity contribution is 0.198. The summed E-state index contributed by atoms with van der Waals surface area (Å²) in [7, 11) is -1.22. The van der Waals surface area contributed by atoms with Crippen LogP contribution in [0.2, 0.25) is 0 Å². The molecular weight excluding hydrogens is 288 g/mol. The van der Waals surface area contributed by atoms with Gasteiger partial charge in [0.25, 0.3) is 0 Å². The average molecular weight is 312 g/mol. The Morgan fingerprint density at radius 3 is 2.81 bits per heavy atom. The smallest absolute Gasteiger partial charge is 0.217 e. The Balaban J connectivity index is 1.95. The maximum Gasteiger partial charge on any atom is 0.217 e. The Bertz CT molecular complexity index is 554. The highest BCUT2D eigenvalue weighted by Crippen LogP contribution is 2.14. The van der Waals surface area contributed by atoms with Crippen LogP contribution in [0.3, 0.4) is 0 Å². The van der Waals surface area contributed by atoms with Crippen molar-refractivity contribution in [1.82, 2.24) is 9.62 Å². The van der Waals surface area contributed by atoms with E-state index in [-0.39, 0.29) is 0 Å². The van der Waals surface area contributed by atoms with Gasteiger partial charge in [-0.3, -0.25) is 0 Å². The Kier molecular flexibility index (Phi) is 5.75. The molecule has 1 aliphatic heterocycles. The molecule has 0 amide bonds. The highest BCUT2D eigenvalue weighted by molar-refractivity contribution is 7.90. The fraction of sp³-hybridized carbons (Fsp3) is 0.600. The van der Waals surface area contributed by atoms with E-state index < -0.39 is 15.3 Å². The van der Waals surface area contributed by atoms with Gasteiger partial charge in [-0.1, -0.05) is 31.2 Å². The lowest BCUT2D eigenvalue weighted by Gasteiger charge is -2.15. The van der Waals surface area contributed by atoms with E-state index in [9.17, 15) is 8.42 Å². The standard InChI is InChI=1S/C15H24N2O3S/c1-3-17(2)11-14-6-4-5-13(9-14)10-16-21(18,19)15-7-8-20-12-15/h4-6,9,15-16H,3,7-8,10-12H2,1-2H3/t15-/m1/s1. The molecule has 0 aliphatic carbocycles. The topological polar surface area (TPSA) is 58.6 Å². The van der Waals surface area contributed by atoms with Crippen LogP contribution in [0.25, 0.3) is 0 Å². The van der Waals surface area contributed by atoms with Crippen molar-refractivity contribution in [3.8, 4) is 0 Å². The Morgan fingerprint density at radius 2 is 2.14 bits per heavy atom. The van der Waals surface area contributed by atoms with Crippen molar-refractivity contribution in [1.29, 1.82) is 0 Å². The van der Waals surface area contributed by atoms with Gasteiger partial charge in [0, 0.05) is 19.7 Å². The highest BCUT2D eigenvalue weighted by Gasteiger charge is 2.29. The van der Waals surface area contributed by atoms with Crippen molar-refractivity contribution >= 4 is 10.0 Å². The Morgan fingerprint density at radius 1 is 1.38 bits per heavy atom. The van der Waals surface area contributed by atoms with E-state index in [2.05, 4.69) is 35.7 Å². The van der Waals surface area contributed by atoms with Crippen LogP contribution in [0.4, 0.5) is 0 Å². The molecule has 1 fully saturated rings. The Hall–Kier alpha value is -0.950. The summed E-state index contributed by atoms with van der Waals surface area (Å²) < 4.78 is 32.1. The molecular formula is C15H24N2O3S. The van der Waals surface area contributed by atoms with Gasteiger partial charge in [0.15, 0.2) is 0 Å². The van der Waals surface area contributed by atoms with Gasteiger partial charge in [-0.15, -0.1) is 0 Å². The normalized spacial score (nSPS) is 19.3. The number of nitrogens with one attached hydrogen (secondary N) is 1. The minimum Gasteiger partial charge on any atom is -0.380 e. The molecule has 21 heavy (non-hydrogen) atoms. The minimum absolute atomic E-state index is 0.302. The van der Waals surface area contributed by atoms with Crippen LogP contribution in [0.15, 0.2) is 24.3 Å². The van der Waals surface area contributed by atoms with Crippen LogP contribution in [0.1, 0.15) is 24.5 Å². The lowest BCUT2D eigenvalue weighted by atomic mass is 10.1. The number of hydrogen-bond acceptors (Lipinski definition) is 4. The van der Waals surface area contributed by atoms with Gasteiger partial charge in [0.05, 0.1) is 6.61 Å². The van der Waals surface area contributed by atoms with Crippen LogP contribution in [0, 0.1) is 0 Å². The van der Waals surface area contributed by atoms with E-state index in [1.54, 1.807) is 0 Å². The maximum absolute atomic E-state index is 12.1. The zero-order valence-corrected chi connectivity index (χ0v) is 13.5. The summed E-state index contributed by atoms with van der Waals surface area (Å²) in [5, 5.41) is -0.410. The van der Waals surface area contributed by atoms with Gasteiger partial charge in [0.1, 0.15) is 5.25 Å². The summed E-state index contributed by atoms with van der Waals surface area (Å²) in [6.07, 6.45) is 0.580. The molecule has 1 aliphatic rings. The molecule has 6 heteroatoms. The number of rotatable bonds is 7. The summed E-state index contributed by atoms with van der Waals surface area (Å²) in [5.74, 6) is 0. The number of sulfonamides is 1. The van der Waals surface area contributed by atoms with Crippen LogP contribution in [-0.4, -0.2) is 45.4 Å². The first-order valence-electron chi connectivity index (χ1n) is 7.34. The van der Waals surface area contributed by atoms with Crippen molar-refractivity contribution in [2.75, 3.05) is 26.8 Å². The molecule has 0 spiro atoms. The van der Waals surface area contributed by atoms with Crippen molar-refractivity contribution < 1.29 is 13.2 Å². The van der Waals surface area contributed by atoms with Crippen LogP contribution in [0.5, 0.6) is 0 Å². The summed E-state index contributed by atoms with van der Waals surface area (Å²) >= 11 is 0. The molecule has 1 saturated heterocycles. The van der Waals surface area contributed by atoms with Gasteiger partial charge in [-0.25, -0.2) is 13.1 Å². The third-order valence-electron chi connectivity index (χ3n) is 3.79. The van der Waals surface area contributed by atoms with Crippen molar-refractivity contribution in [2.24, 2.45) is 0 Å². The molecule has 0 aromatic heterocycles. The fourth-order valence-electron chi connectivity index (χ4n) is 2.32. The second kappa shape index (κ2) is 7.35. The molecule has 0 saturated carbocycles. The predicted octanol–water partition coefficient (Wildman–Crippen LogP) is 1.35. The van der Waals surface area contributed by atoms with Crippen LogP contribution < -0.4 is 4.72 Å². The van der Waals surface area contributed by atoms with Gasteiger partial charge >= 0.3 is 0 Å². The third-order valence-corrected chi connectivity index (χ3v) is 5.58. The molecule has 0 bridgehead atoms. The Labute approximate surface area is 127 Å². The van der Waals surface area contributed by atoms with Crippen molar-refractivity contribution in [3.63, 3.8) is 0 Å². The minimum atomic E-state index is -3.28. The van der Waals surface area contributed by atoms with Crippen LogP contribution in [-0.2, 0) is 27.8 Å². The molecule has 1 atom stereocenters. The zero-order valence-electron chi connectivity index (χ0n) is 12.7. The van der Waals surface area contributed by atoms with Gasteiger partial charge in [-0.05, 0) is 31.1 Å². The molecule has 1 aromatic rings. The first-order chi connectivity index (χ1) is 10.0. The molecule has 0 unspecified atom stereocenters. The molecule has 118 valence electrons. The lowest BCUT2D eigenvalue weighted by Crippen LogP contribution is -2.34. The van der Waals surface area contributed by atoms with E-state index >= 15 is 0 Å². The highest BCUT2D eigenvalue weighted by atomic mass is 32.2. The molecule has 2 rings (SSSR count). The van der Waals surface area contributed by atoms with Gasteiger partial charge in [0.2, 0.25) is 10.0 Å². The fourth-order valence-corrected chi connectivity index (χ4v) is 3.61. The van der Waals surface area contributed by atoms with Crippen molar-refractivity contribution in [3.05, 3.63) is 35.4 Å². The number of ether oxygens (including phenoxy) is 1. The van der Waals surface area contributed by atoms with Crippen molar-refractivity contribution in [2.45, 2.75) is 31.7 Å². The maximum atomic E-state index is 12.1. The number of benzene rings is 1. The van der Waals surface area contributed by atoms with Gasteiger partial charge in [-0.2, -0.15) is 0 Å². The third kappa shape index (κ3) is 4.78. The van der Waals surface area contributed by atoms with E-state index in [1.165, 1.54) is 5.56 Å². The molecule has 5 nitrogen and oxygen atoms in total. The number of nitrogens with zero attached hydrogens (tertiary/aromatic N) is 1.